The Morgan fingerprint density at radius 1 is 0.893 bits per heavy atom. The Bertz CT molecular complexity index is 1130. The first-order chi connectivity index (χ1) is 13.4. The first kappa shape index (κ1) is 18.5. The third-order valence-electron chi connectivity index (χ3n) is 3.90. The number of hydrogen-bond donors (Lipinski definition) is 0. The van der Waals surface area contributed by atoms with Gasteiger partial charge in [-0.05, 0) is 46.8 Å². The lowest BCUT2D eigenvalue weighted by atomic mass is 10.2. The van der Waals surface area contributed by atoms with Crippen molar-refractivity contribution in [1.82, 2.24) is 30.0 Å². The maximum atomic E-state index is 13.9. The Kier molecular flexibility index (Phi) is 4.56. The molecular weight excluding hydrogens is 416 g/mol. The maximum Gasteiger partial charge on any atom is 0.434 e. The highest BCUT2D eigenvalue weighted by Gasteiger charge is 2.40. The minimum absolute atomic E-state index is 0.0910. The summed E-state index contributed by atoms with van der Waals surface area (Å²) in [5.74, 6) is -0.118. The van der Waals surface area contributed by atoms with Gasteiger partial charge in [-0.25, -0.2) is 4.68 Å². The van der Waals surface area contributed by atoms with Crippen molar-refractivity contribution < 1.29 is 13.2 Å². The quantitative estimate of drug-likeness (QED) is 0.471. The summed E-state index contributed by atoms with van der Waals surface area (Å²) in [4.78, 5) is 0. The lowest BCUT2D eigenvalue weighted by Gasteiger charge is -2.13. The first-order valence-corrected chi connectivity index (χ1v) is 8.56. The molecule has 6 nitrogen and oxygen atoms in total. The van der Waals surface area contributed by atoms with E-state index in [1.165, 1.54) is 16.8 Å². The van der Waals surface area contributed by atoms with Crippen LogP contribution in [-0.2, 0) is 6.18 Å². The fourth-order valence-corrected chi connectivity index (χ4v) is 3.04. The van der Waals surface area contributed by atoms with Gasteiger partial charge in [0.25, 0.3) is 0 Å². The Balaban J connectivity index is 1.93. The first-order valence-electron chi connectivity index (χ1n) is 7.81. The number of para-hydroxylation sites is 1. The summed E-state index contributed by atoms with van der Waals surface area (Å²) in [6.45, 7) is 0. The second kappa shape index (κ2) is 6.92. The van der Waals surface area contributed by atoms with E-state index in [0.717, 1.165) is 10.9 Å². The van der Waals surface area contributed by atoms with Gasteiger partial charge in [0.15, 0.2) is 11.5 Å². The summed E-state index contributed by atoms with van der Waals surface area (Å²) in [7, 11) is 0. The van der Waals surface area contributed by atoms with Crippen LogP contribution in [0, 0.1) is 0 Å². The monoisotopic (exact) mass is 424 g/mol. The van der Waals surface area contributed by atoms with Gasteiger partial charge in [-0.15, -0.1) is 5.10 Å². The highest BCUT2D eigenvalue weighted by atomic mass is 35.5. The molecule has 0 atom stereocenters. The van der Waals surface area contributed by atoms with Gasteiger partial charge in [-0.1, -0.05) is 35.3 Å². The molecule has 4 aromatic rings. The molecule has 0 spiro atoms. The lowest BCUT2D eigenvalue weighted by molar-refractivity contribution is -0.142. The predicted molar refractivity (Wildman–Crippen MR) is 96.7 cm³/mol. The molecular formula is C17H9Cl2F3N6. The van der Waals surface area contributed by atoms with E-state index in [9.17, 15) is 13.2 Å². The zero-order chi connectivity index (χ0) is 19.9. The third kappa shape index (κ3) is 3.23. The van der Waals surface area contributed by atoms with Crippen LogP contribution >= 0.6 is 23.2 Å². The molecule has 11 heteroatoms. The Hall–Kier alpha value is -2.91. The van der Waals surface area contributed by atoms with Gasteiger partial charge in [0, 0.05) is 5.02 Å². The van der Waals surface area contributed by atoms with Crippen molar-refractivity contribution in [3.63, 3.8) is 0 Å². The molecule has 0 fully saturated rings. The number of nitrogens with zero attached hydrogens (tertiary/aromatic N) is 6. The molecule has 28 heavy (non-hydrogen) atoms. The van der Waals surface area contributed by atoms with E-state index in [1.54, 1.807) is 36.4 Å². The topological polar surface area (TPSA) is 61.4 Å². The molecule has 0 bridgehead atoms. The minimum atomic E-state index is -4.73. The highest BCUT2D eigenvalue weighted by molar-refractivity contribution is 6.32. The van der Waals surface area contributed by atoms with Crippen molar-refractivity contribution in [3.05, 3.63) is 70.5 Å². The minimum Gasteiger partial charge on any atom is -0.226 e. The van der Waals surface area contributed by atoms with Crippen molar-refractivity contribution in [2.24, 2.45) is 0 Å². The molecule has 0 saturated heterocycles. The van der Waals surface area contributed by atoms with Crippen molar-refractivity contribution >= 4 is 23.2 Å². The van der Waals surface area contributed by atoms with Crippen LogP contribution in [0.4, 0.5) is 13.2 Å². The number of halogens is 5. The number of alkyl halides is 3. The molecule has 0 saturated carbocycles. The average molecular weight is 425 g/mol. The van der Waals surface area contributed by atoms with E-state index >= 15 is 0 Å². The van der Waals surface area contributed by atoms with Crippen LogP contribution in [-0.4, -0.2) is 30.0 Å². The summed E-state index contributed by atoms with van der Waals surface area (Å²) in [5.41, 5.74) is -0.783. The molecule has 0 aliphatic rings. The van der Waals surface area contributed by atoms with E-state index in [-0.39, 0.29) is 22.1 Å². The summed E-state index contributed by atoms with van der Waals surface area (Å²) >= 11 is 11.9. The van der Waals surface area contributed by atoms with Gasteiger partial charge in [-0.2, -0.15) is 23.0 Å². The summed E-state index contributed by atoms with van der Waals surface area (Å²) in [6, 6.07) is 12.5. The molecule has 0 amide bonds. The van der Waals surface area contributed by atoms with Crippen molar-refractivity contribution in [1.29, 1.82) is 0 Å². The largest absolute Gasteiger partial charge is 0.434 e. The molecule has 142 valence electrons. The number of benzene rings is 2. The number of hydrogen-bond acceptors (Lipinski definition) is 4. The van der Waals surface area contributed by atoms with Gasteiger partial charge in [0.1, 0.15) is 0 Å². The van der Waals surface area contributed by atoms with Crippen LogP contribution in [0.25, 0.3) is 22.8 Å². The van der Waals surface area contributed by atoms with E-state index < -0.39 is 11.9 Å². The Morgan fingerprint density at radius 3 is 2.29 bits per heavy atom. The van der Waals surface area contributed by atoms with Crippen molar-refractivity contribution in [3.8, 4) is 22.8 Å². The SMILES string of the molecule is FC(F)(F)c1c(-c2nnnn2-c2ccc(Cl)cc2)cnn1-c1ccccc1Cl. The molecule has 2 aromatic carbocycles. The zero-order valence-electron chi connectivity index (χ0n) is 13.8. The second-order valence-corrected chi connectivity index (χ2v) is 6.50. The summed E-state index contributed by atoms with van der Waals surface area (Å²) < 4.78 is 43.7. The molecule has 0 aliphatic carbocycles. The van der Waals surface area contributed by atoms with Crippen LogP contribution in [0.1, 0.15) is 5.69 Å². The van der Waals surface area contributed by atoms with E-state index in [2.05, 4.69) is 20.6 Å². The molecule has 0 N–H and O–H groups in total. The van der Waals surface area contributed by atoms with Crippen molar-refractivity contribution in [2.45, 2.75) is 6.18 Å². The van der Waals surface area contributed by atoms with Crippen LogP contribution in [0.5, 0.6) is 0 Å². The highest BCUT2D eigenvalue weighted by Crippen LogP contribution is 2.39. The van der Waals surface area contributed by atoms with Crippen LogP contribution in [0.2, 0.25) is 10.0 Å². The van der Waals surface area contributed by atoms with Gasteiger partial charge >= 0.3 is 6.18 Å². The average Bonchev–Trinajstić information content (AvgIpc) is 3.29. The molecule has 4 rings (SSSR count). The van der Waals surface area contributed by atoms with Crippen LogP contribution in [0.3, 0.4) is 0 Å². The van der Waals surface area contributed by atoms with Gasteiger partial charge in [0.2, 0.25) is 0 Å². The Labute approximate surface area is 166 Å². The molecule has 0 radical (unpaired) electrons. The number of rotatable bonds is 3. The van der Waals surface area contributed by atoms with Crippen LogP contribution < -0.4 is 0 Å². The smallest absolute Gasteiger partial charge is 0.226 e. The van der Waals surface area contributed by atoms with Crippen LogP contribution in [0.15, 0.2) is 54.7 Å². The summed E-state index contributed by atoms with van der Waals surface area (Å²) in [6.07, 6.45) is -3.67. The zero-order valence-corrected chi connectivity index (χ0v) is 15.3. The third-order valence-corrected chi connectivity index (χ3v) is 4.47. The molecule has 2 heterocycles. The van der Waals surface area contributed by atoms with Gasteiger partial charge in [0.05, 0.1) is 28.2 Å². The summed E-state index contributed by atoms with van der Waals surface area (Å²) in [5, 5.41) is 15.6. The normalized spacial score (nSPS) is 11.8. The fraction of sp³-hybridized carbons (Fsp3) is 0.0588. The van der Waals surface area contributed by atoms with Gasteiger partial charge < -0.3 is 0 Å². The maximum absolute atomic E-state index is 13.9. The molecule has 0 aliphatic heterocycles. The number of tetrazole rings is 1. The number of aromatic nitrogens is 6. The van der Waals surface area contributed by atoms with Gasteiger partial charge in [-0.3, -0.25) is 0 Å². The molecule has 2 aromatic heterocycles. The predicted octanol–water partition coefficient (Wildman–Crippen LogP) is 4.84. The van der Waals surface area contributed by atoms with E-state index in [4.69, 9.17) is 23.2 Å². The van der Waals surface area contributed by atoms with E-state index in [1.807, 2.05) is 0 Å². The lowest BCUT2D eigenvalue weighted by Crippen LogP contribution is -2.15. The van der Waals surface area contributed by atoms with E-state index in [0.29, 0.717) is 10.7 Å². The second-order valence-electron chi connectivity index (χ2n) is 5.66. The Morgan fingerprint density at radius 2 is 1.61 bits per heavy atom. The standard InChI is InChI=1S/C17H9Cl2F3N6/c18-10-5-7-11(8-6-10)27-16(24-25-26-27)12-9-23-28(15(12)17(20,21)22)14-4-2-1-3-13(14)19/h1-9H. The fourth-order valence-electron chi connectivity index (χ4n) is 2.70. The van der Waals surface area contributed by atoms with Crippen molar-refractivity contribution in [2.75, 3.05) is 0 Å². The molecule has 0 unspecified atom stereocenters.